The van der Waals surface area contributed by atoms with E-state index in [9.17, 15) is 0 Å². The van der Waals surface area contributed by atoms with Crippen molar-refractivity contribution < 1.29 is 9.47 Å². The third kappa shape index (κ3) is 2.78. The first kappa shape index (κ1) is 18.3. The van der Waals surface area contributed by atoms with Crippen molar-refractivity contribution in [2.24, 2.45) is 5.92 Å². The second-order valence-corrected chi connectivity index (χ2v) is 7.43. The second kappa shape index (κ2) is 6.82. The van der Waals surface area contributed by atoms with Gasteiger partial charge in [0.25, 0.3) is 0 Å². The lowest BCUT2D eigenvalue weighted by Crippen LogP contribution is -2.07. The zero-order chi connectivity index (χ0) is 20.0. The van der Waals surface area contributed by atoms with Crippen molar-refractivity contribution in [3.8, 4) is 22.9 Å². The molecule has 0 aliphatic heterocycles. The van der Waals surface area contributed by atoms with E-state index in [4.69, 9.17) is 19.4 Å². The predicted octanol–water partition coefficient (Wildman–Crippen LogP) is 4.04. The number of ether oxygens (including phenoxy) is 2. The van der Waals surface area contributed by atoms with Crippen LogP contribution in [0.25, 0.3) is 28.1 Å². The fraction of sp³-hybridized carbons (Fsp3) is 0.381. The summed E-state index contributed by atoms with van der Waals surface area (Å²) in [4.78, 5) is 9.53. The van der Waals surface area contributed by atoms with Crippen molar-refractivity contribution >= 4 is 16.7 Å². The van der Waals surface area contributed by atoms with Gasteiger partial charge in [-0.25, -0.2) is 14.5 Å². The molecule has 0 radical (unpaired) electrons. The summed E-state index contributed by atoms with van der Waals surface area (Å²) >= 11 is 0. The van der Waals surface area contributed by atoms with Gasteiger partial charge in [0, 0.05) is 17.8 Å². The number of fused-ring (bicyclic) bond motifs is 3. The number of nitrogens with zero attached hydrogens (tertiary/aromatic N) is 5. The molecule has 0 amide bonds. The zero-order valence-corrected chi connectivity index (χ0v) is 17.1. The van der Waals surface area contributed by atoms with Crippen LogP contribution < -0.4 is 9.47 Å². The van der Waals surface area contributed by atoms with Crippen LogP contribution in [0.1, 0.15) is 25.1 Å². The van der Waals surface area contributed by atoms with Crippen LogP contribution in [0.4, 0.5) is 0 Å². The van der Waals surface area contributed by atoms with Crippen molar-refractivity contribution in [1.29, 1.82) is 0 Å². The summed E-state index contributed by atoms with van der Waals surface area (Å²) in [5.41, 5.74) is 5.06. The predicted molar refractivity (Wildman–Crippen MR) is 109 cm³/mol. The Bertz CT molecular complexity index is 1170. The number of hydrogen-bond donors (Lipinski definition) is 0. The van der Waals surface area contributed by atoms with E-state index >= 15 is 0 Å². The van der Waals surface area contributed by atoms with Crippen LogP contribution >= 0.6 is 0 Å². The molecule has 146 valence electrons. The van der Waals surface area contributed by atoms with Crippen molar-refractivity contribution in [2.75, 3.05) is 14.2 Å². The molecule has 1 aromatic carbocycles. The minimum absolute atomic E-state index is 0.534. The van der Waals surface area contributed by atoms with E-state index in [2.05, 4.69) is 37.4 Å². The van der Waals surface area contributed by atoms with Crippen LogP contribution in [-0.4, -0.2) is 38.4 Å². The van der Waals surface area contributed by atoms with Gasteiger partial charge in [-0.3, -0.25) is 0 Å². The molecule has 3 aromatic heterocycles. The maximum Gasteiger partial charge on any atom is 0.182 e. The van der Waals surface area contributed by atoms with Crippen molar-refractivity contribution in [3.63, 3.8) is 0 Å². The maximum atomic E-state index is 5.41. The van der Waals surface area contributed by atoms with Crippen molar-refractivity contribution in [3.05, 3.63) is 35.8 Å². The highest BCUT2D eigenvalue weighted by Gasteiger charge is 2.19. The van der Waals surface area contributed by atoms with Gasteiger partial charge in [0.2, 0.25) is 0 Å². The fourth-order valence-corrected chi connectivity index (χ4v) is 3.62. The molecule has 0 fully saturated rings. The van der Waals surface area contributed by atoms with E-state index < -0.39 is 0 Å². The molecule has 0 saturated heterocycles. The molecule has 0 aliphatic carbocycles. The summed E-state index contributed by atoms with van der Waals surface area (Å²) in [5.74, 6) is 2.49. The minimum Gasteiger partial charge on any atom is -0.493 e. The average molecular weight is 379 g/mol. The molecule has 0 unspecified atom stereocenters. The number of benzene rings is 1. The first-order chi connectivity index (χ1) is 13.4. The van der Waals surface area contributed by atoms with Crippen LogP contribution in [0.2, 0.25) is 0 Å². The van der Waals surface area contributed by atoms with E-state index in [1.54, 1.807) is 25.1 Å². The van der Waals surface area contributed by atoms with Gasteiger partial charge in [-0.05, 0) is 43.5 Å². The number of hydrogen-bond acceptors (Lipinski definition) is 5. The number of aryl methyl sites for hydroxylation is 1. The lowest BCUT2D eigenvalue weighted by molar-refractivity contribution is 0.355. The van der Waals surface area contributed by atoms with E-state index in [-0.39, 0.29) is 0 Å². The highest BCUT2D eigenvalue weighted by molar-refractivity contribution is 5.94. The van der Waals surface area contributed by atoms with Gasteiger partial charge in [0.1, 0.15) is 12.0 Å². The second-order valence-electron chi connectivity index (χ2n) is 7.43. The molecule has 0 spiro atoms. The smallest absolute Gasteiger partial charge is 0.182 e. The molecule has 4 rings (SSSR count). The lowest BCUT2D eigenvalue weighted by atomic mass is 10.2. The van der Waals surface area contributed by atoms with Gasteiger partial charge in [0.05, 0.1) is 19.6 Å². The number of aromatic nitrogens is 5. The molecule has 3 heterocycles. The standard InChI is InChI=1S/C21H25N5O2/c1-12(2)10-25-14(4)13(3)18-20(25)22-11-26-21(18)23-19(24-26)15-7-8-16(27-5)17(9-15)28-6/h7-9,11-12H,10H2,1-6H3. The van der Waals surface area contributed by atoms with E-state index in [0.29, 0.717) is 23.2 Å². The van der Waals surface area contributed by atoms with Gasteiger partial charge in [-0.2, -0.15) is 0 Å². The van der Waals surface area contributed by atoms with Crippen LogP contribution in [0.5, 0.6) is 11.5 Å². The maximum absolute atomic E-state index is 5.41. The highest BCUT2D eigenvalue weighted by atomic mass is 16.5. The Kier molecular flexibility index (Phi) is 4.45. The normalized spacial score (nSPS) is 11.7. The zero-order valence-electron chi connectivity index (χ0n) is 17.1. The summed E-state index contributed by atoms with van der Waals surface area (Å²) in [6, 6.07) is 5.69. The summed E-state index contributed by atoms with van der Waals surface area (Å²) in [5, 5.41) is 5.70. The molecule has 28 heavy (non-hydrogen) atoms. The SMILES string of the molecule is COc1ccc(-c2nc3c4c(C)c(C)n(CC(C)C)c4ncn3n2)cc1OC. The quantitative estimate of drug-likeness (QED) is 0.524. The number of rotatable bonds is 5. The van der Waals surface area contributed by atoms with Gasteiger partial charge < -0.3 is 14.0 Å². The third-order valence-corrected chi connectivity index (χ3v) is 5.14. The summed E-state index contributed by atoms with van der Waals surface area (Å²) < 4.78 is 14.8. The van der Waals surface area contributed by atoms with E-state index in [1.807, 2.05) is 18.2 Å². The van der Waals surface area contributed by atoms with Crippen molar-refractivity contribution in [1.82, 2.24) is 24.1 Å². The Labute approximate surface area is 163 Å². The molecular formula is C21H25N5O2. The highest BCUT2D eigenvalue weighted by Crippen LogP contribution is 2.33. The lowest BCUT2D eigenvalue weighted by Gasteiger charge is -2.10. The van der Waals surface area contributed by atoms with Gasteiger partial charge in [-0.15, -0.1) is 5.10 Å². The monoisotopic (exact) mass is 379 g/mol. The summed E-state index contributed by atoms with van der Waals surface area (Å²) in [6.07, 6.45) is 1.74. The Morgan fingerprint density at radius 3 is 2.46 bits per heavy atom. The Balaban J connectivity index is 1.91. The van der Waals surface area contributed by atoms with Crippen LogP contribution in [0.15, 0.2) is 24.5 Å². The molecule has 4 aromatic rings. The third-order valence-electron chi connectivity index (χ3n) is 5.14. The van der Waals surface area contributed by atoms with Gasteiger partial charge >= 0.3 is 0 Å². The first-order valence-corrected chi connectivity index (χ1v) is 9.37. The van der Waals surface area contributed by atoms with Crippen LogP contribution in [0, 0.1) is 19.8 Å². The Morgan fingerprint density at radius 2 is 1.79 bits per heavy atom. The topological polar surface area (TPSA) is 66.5 Å². The minimum atomic E-state index is 0.534. The fourth-order valence-electron chi connectivity index (χ4n) is 3.62. The molecular weight excluding hydrogens is 354 g/mol. The van der Waals surface area contributed by atoms with Crippen LogP contribution in [-0.2, 0) is 6.54 Å². The largest absolute Gasteiger partial charge is 0.493 e. The first-order valence-electron chi connectivity index (χ1n) is 9.37. The Morgan fingerprint density at radius 1 is 1.04 bits per heavy atom. The molecule has 0 bridgehead atoms. The molecule has 7 heteroatoms. The molecule has 0 N–H and O–H groups in total. The van der Waals surface area contributed by atoms with Crippen molar-refractivity contribution in [2.45, 2.75) is 34.2 Å². The van der Waals surface area contributed by atoms with Crippen LogP contribution in [0.3, 0.4) is 0 Å². The molecule has 0 atom stereocenters. The van der Waals surface area contributed by atoms with E-state index in [0.717, 1.165) is 28.8 Å². The summed E-state index contributed by atoms with van der Waals surface area (Å²) in [7, 11) is 3.24. The van der Waals surface area contributed by atoms with Gasteiger partial charge in [-0.1, -0.05) is 13.8 Å². The molecule has 7 nitrogen and oxygen atoms in total. The van der Waals surface area contributed by atoms with Gasteiger partial charge in [0.15, 0.2) is 23.0 Å². The Hall–Kier alpha value is -3.09. The number of methoxy groups -OCH3 is 2. The molecule has 0 aliphatic rings. The summed E-state index contributed by atoms with van der Waals surface area (Å²) in [6.45, 7) is 9.62. The van der Waals surface area contributed by atoms with E-state index in [1.165, 1.54) is 11.3 Å². The molecule has 0 saturated carbocycles. The average Bonchev–Trinajstić information content (AvgIpc) is 3.22.